The number of nitrogens with zero attached hydrogens (tertiary/aromatic N) is 1. The van der Waals surface area contributed by atoms with Gasteiger partial charge in [-0.15, -0.1) is 13.2 Å². The number of phenolic OH excluding ortho intramolecular Hbond substituents is 1. The first kappa shape index (κ1) is 33.0. The number of alkyl halides is 9. The number of amides is 2. The molecule has 3 aliphatic carbocycles. The number of ether oxygens (including phenoxy) is 1. The van der Waals surface area contributed by atoms with Crippen molar-refractivity contribution >= 4 is 29.1 Å². The summed E-state index contributed by atoms with van der Waals surface area (Å²) in [5.74, 6) is -10.4. The lowest BCUT2D eigenvalue weighted by atomic mass is 9.59. The predicted molar refractivity (Wildman–Crippen MR) is 145 cm³/mol. The fourth-order valence-electron chi connectivity index (χ4n) is 7.00. The van der Waals surface area contributed by atoms with Crippen LogP contribution >= 0.6 is 0 Å². The van der Waals surface area contributed by atoms with Crippen LogP contribution in [0.1, 0.15) is 42.4 Å². The number of aromatic hydroxyl groups is 1. The summed E-state index contributed by atoms with van der Waals surface area (Å²) in [5, 5.41) is 10.8. The highest BCUT2D eigenvalue weighted by atomic mass is 19.4. The van der Waals surface area contributed by atoms with Crippen molar-refractivity contribution in [2.45, 2.75) is 44.4 Å². The van der Waals surface area contributed by atoms with Gasteiger partial charge in [0.15, 0.2) is 11.6 Å². The summed E-state index contributed by atoms with van der Waals surface area (Å²) >= 11 is 0. The van der Waals surface area contributed by atoms with Crippen LogP contribution in [0.4, 0.5) is 45.2 Å². The van der Waals surface area contributed by atoms with Gasteiger partial charge in [0, 0.05) is 28.2 Å². The van der Waals surface area contributed by atoms with E-state index in [1.807, 2.05) is 0 Å². The smallest absolute Gasteiger partial charge is 0.508 e. The second kappa shape index (κ2) is 10.8. The van der Waals surface area contributed by atoms with Gasteiger partial charge in [-0.3, -0.25) is 19.2 Å². The minimum atomic E-state index is -5.28. The number of Topliss-reactive ketones (excluding diaryl/α,β-unsaturated/α-hetero) is 1. The Kier molecular flexibility index (Phi) is 7.44. The lowest BCUT2D eigenvalue weighted by Crippen LogP contribution is -2.40. The number of halogens is 9. The molecule has 0 spiro atoms. The molecule has 0 saturated carbocycles. The van der Waals surface area contributed by atoms with Gasteiger partial charge >= 0.3 is 18.7 Å². The molecule has 1 heterocycles. The normalized spacial score (nSPS) is 24.7. The molecular weight excluding hydrogens is 665 g/mol. The Bertz CT molecular complexity index is 1870. The van der Waals surface area contributed by atoms with Crippen LogP contribution in [0.5, 0.6) is 11.5 Å². The summed E-state index contributed by atoms with van der Waals surface area (Å²) < 4.78 is 125. The number of fused-ring (bicyclic) bond motifs is 3. The molecule has 16 heteroatoms. The van der Waals surface area contributed by atoms with Crippen molar-refractivity contribution in [3.63, 3.8) is 0 Å². The molecule has 2 amide bonds. The molecule has 252 valence electrons. The Labute approximate surface area is 263 Å². The van der Waals surface area contributed by atoms with E-state index in [2.05, 4.69) is 4.74 Å². The Hall–Kier alpha value is -4.89. The third-order valence-electron chi connectivity index (χ3n) is 8.94. The van der Waals surface area contributed by atoms with Gasteiger partial charge in [-0.25, -0.2) is 4.90 Å². The van der Waals surface area contributed by atoms with Crippen LogP contribution in [-0.4, -0.2) is 34.8 Å². The topological polar surface area (TPSA) is 101 Å². The zero-order chi connectivity index (χ0) is 35.2. The lowest BCUT2D eigenvalue weighted by molar-refractivity contribution is -0.274. The van der Waals surface area contributed by atoms with E-state index in [-0.39, 0.29) is 63.8 Å². The molecule has 4 unspecified atom stereocenters. The van der Waals surface area contributed by atoms with E-state index in [9.17, 15) is 63.8 Å². The Balaban J connectivity index is 1.49. The van der Waals surface area contributed by atoms with Gasteiger partial charge < -0.3 is 9.84 Å². The molecule has 48 heavy (non-hydrogen) atoms. The SMILES string of the molecule is CC1=CC(=O)C2=C(C1=O)C(c1cc(OC(F)(F)F)ccc1O)C1=CCC3C(=O)N(c4cc(C(F)(F)F)cc(C(F)(F)F)c4)C(=O)C3C1C2. The number of hydrogen-bond donors (Lipinski definition) is 1. The minimum Gasteiger partial charge on any atom is -0.508 e. The van der Waals surface area contributed by atoms with Crippen molar-refractivity contribution < 1.29 is 68.5 Å². The van der Waals surface area contributed by atoms with Crippen molar-refractivity contribution in [2.75, 3.05) is 4.90 Å². The lowest BCUT2D eigenvalue weighted by Gasteiger charge is -2.42. The average Bonchev–Trinajstić information content (AvgIpc) is 3.23. The Morgan fingerprint density at radius 3 is 2.04 bits per heavy atom. The summed E-state index contributed by atoms with van der Waals surface area (Å²) in [6.07, 6.45) is -14.0. The second-order valence-electron chi connectivity index (χ2n) is 11.8. The fraction of sp³-hybridized carbons (Fsp3) is 0.312. The molecule has 0 bridgehead atoms. The number of allylic oxidation sites excluding steroid dienone is 6. The molecule has 1 saturated heterocycles. The first-order valence-electron chi connectivity index (χ1n) is 14.1. The molecule has 4 atom stereocenters. The molecule has 1 fully saturated rings. The van der Waals surface area contributed by atoms with Crippen LogP contribution in [0.2, 0.25) is 0 Å². The summed E-state index contributed by atoms with van der Waals surface area (Å²) in [4.78, 5) is 54.5. The molecule has 1 N–H and O–H groups in total. The number of imide groups is 1. The summed E-state index contributed by atoms with van der Waals surface area (Å²) in [7, 11) is 0. The van der Waals surface area contributed by atoms with Crippen LogP contribution in [0.15, 0.2) is 70.8 Å². The molecular formula is C32H20F9NO6. The number of carbonyl (C=O) groups excluding carboxylic acids is 4. The van der Waals surface area contributed by atoms with Crippen molar-refractivity contribution in [1.82, 2.24) is 0 Å². The van der Waals surface area contributed by atoms with Gasteiger partial charge in [0.2, 0.25) is 11.8 Å². The van der Waals surface area contributed by atoms with Crippen molar-refractivity contribution in [3.8, 4) is 11.5 Å². The number of carbonyl (C=O) groups is 4. The number of phenols is 1. The number of rotatable bonds is 3. The van der Waals surface area contributed by atoms with Crippen LogP contribution in [-0.2, 0) is 31.5 Å². The first-order chi connectivity index (χ1) is 22.2. The monoisotopic (exact) mass is 685 g/mol. The van der Waals surface area contributed by atoms with Gasteiger partial charge in [0.25, 0.3) is 0 Å². The third kappa shape index (κ3) is 5.46. The van der Waals surface area contributed by atoms with Crippen molar-refractivity contribution in [3.05, 3.63) is 87.5 Å². The zero-order valence-corrected chi connectivity index (χ0v) is 24.2. The van der Waals surface area contributed by atoms with Gasteiger partial charge in [-0.1, -0.05) is 11.6 Å². The van der Waals surface area contributed by atoms with Gasteiger partial charge in [0.05, 0.1) is 28.7 Å². The fourth-order valence-corrected chi connectivity index (χ4v) is 7.00. The highest BCUT2D eigenvalue weighted by molar-refractivity contribution is 6.25. The number of ketones is 2. The zero-order valence-electron chi connectivity index (χ0n) is 24.2. The second-order valence-corrected chi connectivity index (χ2v) is 11.8. The summed E-state index contributed by atoms with van der Waals surface area (Å²) in [6.45, 7) is 1.32. The maximum atomic E-state index is 13.9. The van der Waals surface area contributed by atoms with E-state index in [1.165, 1.54) is 13.0 Å². The standard InChI is InChI=1S/C32H20F9NO6/c1-12-6-23(44)21-11-19-17(24(26(21)27(12)45)20-10-16(2-5-22(20)43)48-32(39,40)41)3-4-18-25(19)29(47)42(28(18)46)15-8-13(30(33,34)35)7-14(9-15)31(36,37)38/h2-3,5-10,18-19,24-25,43H,4,11H2,1H3. The molecule has 2 aromatic rings. The first-order valence-corrected chi connectivity index (χ1v) is 14.1. The predicted octanol–water partition coefficient (Wildman–Crippen LogP) is 6.96. The van der Waals surface area contributed by atoms with Crippen LogP contribution in [0.3, 0.4) is 0 Å². The number of benzene rings is 2. The highest BCUT2D eigenvalue weighted by Gasteiger charge is 2.57. The van der Waals surface area contributed by atoms with E-state index in [0.29, 0.717) is 0 Å². The summed E-state index contributed by atoms with van der Waals surface area (Å²) in [5.41, 5.74) is -5.06. The maximum absolute atomic E-state index is 13.9. The van der Waals surface area contributed by atoms with Crippen molar-refractivity contribution in [2.24, 2.45) is 17.8 Å². The number of anilines is 1. The molecule has 6 rings (SSSR count). The summed E-state index contributed by atoms with van der Waals surface area (Å²) in [6, 6.07) is 2.78. The van der Waals surface area contributed by atoms with Gasteiger partial charge in [-0.2, -0.15) is 26.3 Å². The van der Waals surface area contributed by atoms with Crippen LogP contribution in [0.25, 0.3) is 0 Å². The third-order valence-corrected chi connectivity index (χ3v) is 8.94. The minimum absolute atomic E-state index is 0.0259. The van der Waals surface area contributed by atoms with Gasteiger partial charge in [0.1, 0.15) is 11.5 Å². The average molecular weight is 685 g/mol. The van der Waals surface area contributed by atoms with E-state index in [0.717, 1.165) is 24.3 Å². The van der Waals surface area contributed by atoms with E-state index >= 15 is 0 Å². The Morgan fingerprint density at radius 2 is 1.46 bits per heavy atom. The van der Waals surface area contributed by atoms with Crippen molar-refractivity contribution in [1.29, 1.82) is 0 Å². The van der Waals surface area contributed by atoms with Gasteiger partial charge in [-0.05, 0) is 68.2 Å². The molecule has 7 nitrogen and oxygen atoms in total. The van der Waals surface area contributed by atoms with E-state index < -0.39 is 94.1 Å². The van der Waals surface area contributed by atoms with Crippen LogP contribution in [0, 0.1) is 17.8 Å². The van der Waals surface area contributed by atoms with Crippen LogP contribution < -0.4 is 9.64 Å². The van der Waals surface area contributed by atoms with E-state index in [4.69, 9.17) is 0 Å². The Morgan fingerprint density at radius 1 is 0.833 bits per heavy atom. The molecule has 0 aromatic heterocycles. The quantitative estimate of drug-likeness (QED) is 0.162. The molecule has 2 aromatic carbocycles. The van der Waals surface area contributed by atoms with E-state index in [1.54, 1.807) is 0 Å². The number of hydrogen-bond acceptors (Lipinski definition) is 6. The molecule has 4 aliphatic rings. The molecule has 0 radical (unpaired) electrons. The molecule has 1 aliphatic heterocycles. The largest absolute Gasteiger partial charge is 0.573 e. The maximum Gasteiger partial charge on any atom is 0.573 e. The highest BCUT2D eigenvalue weighted by Crippen LogP contribution is 2.57.